The highest BCUT2D eigenvalue weighted by atomic mass is 16.6. The summed E-state index contributed by atoms with van der Waals surface area (Å²) in [5.74, 6) is -1.10. The Morgan fingerprint density at radius 2 is 2.00 bits per heavy atom. The van der Waals surface area contributed by atoms with E-state index in [1.54, 1.807) is 24.3 Å². The lowest BCUT2D eigenvalue weighted by molar-refractivity contribution is -0.497. The minimum absolute atomic E-state index is 0.184. The molecule has 1 aliphatic rings. The Bertz CT molecular complexity index is 553. The van der Waals surface area contributed by atoms with E-state index in [9.17, 15) is 19.7 Å². The third-order valence-electron chi connectivity index (χ3n) is 3.16. The van der Waals surface area contributed by atoms with Crippen LogP contribution in [0.15, 0.2) is 24.3 Å². The van der Waals surface area contributed by atoms with Crippen molar-refractivity contribution in [2.75, 3.05) is 13.2 Å². The molecule has 0 aromatic heterocycles. The molecule has 0 radical (unpaired) electrons. The van der Waals surface area contributed by atoms with Crippen LogP contribution in [0.2, 0.25) is 0 Å². The molecule has 0 saturated heterocycles. The Kier molecular flexibility index (Phi) is 4.52. The molecule has 0 bridgehead atoms. The van der Waals surface area contributed by atoms with Crippen molar-refractivity contribution in [2.24, 2.45) is 5.92 Å². The molecular formula is C14H15NO6. The zero-order valence-electron chi connectivity index (χ0n) is 11.5. The van der Waals surface area contributed by atoms with Gasteiger partial charge < -0.3 is 9.47 Å². The molecule has 7 heteroatoms. The second-order valence-electron chi connectivity index (χ2n) is 4.68. The molecule has 0 spiro atoms. The first-order valence-electron chi connectivity index (χ1n) is 6.59. The first-order chi connectivity index (χ1) is 10.0. The second-order valence-corrected chi connectivity index (χ2v) is 4.68. The summed E-state index contributed by atoms with van der Waals surface area (Å²) >= 11 is 0. The van der Waals surface area contributed by atoms with Gasteiger partial charge in [0.15, 0.2) is 12.4 Å². The van der Waals surface area contributed by atoms with E-state index in [1.165, 1.54) is 0 Å². The lowest BCUT2D eigenvalue weighted by Crippen LogP contribution is -2.18. The molecule has 21 heavy (non-hydrogen) atoms. The quantitative estimate of drug-likeness (QED) is 0.327. The molecule has 0 heterocycles. The minimum atomic E-state index is -0.863. The Morgan fingerprint density at radius 3 is 2.52 bits per heavy atom. The van der Waals surface area contributed by atoms with E-state index in [0.29, 0.717) is 17.9 Å². The van der Waals surface area contributed by atoms with E-state index in [2.05, 4.69) is 0 Å². The van der Waals surface area contributed by atoms with Crippen LogP contribution in [-0.4, -0.2) is 35.9 Å². The number of ether oxygens (including phenoxy) is 2. The molecule has 1 aliphatic carbocycles. The number of nitro groups is 1. The van der Waals surface area contributed by atoms with Crippen molar-refractivity contribution >= 4 is 11.8 Å². The van der Waals surface area contributed by atoms with Crippen molar-refractivity contribution in [3.63, 3.8) is 0 Å². The molecule has 2 rings (SSSR count). The molecule has 0 amide bonds. The number of carbonyl (C=O) groups is 2. The van der Waals surface area contributed by atoms with Crippen LogP contribution in [-0.2, 0) is 9.53 Å². The normalized spacial score (nSPS) is 19.7. The van der Waals surface area contributed by atoms with Gasteiger partial charge in [-0.25, -0.2) is 0 Å². The summed E-state index contributed by atoms with van der Waals surface area (Å²) in [5.41, 5.74) is 0.396. The predicted molar refractivity (Wildman–Crippen MR) is 71.8 cm³/mol. The lowest BCUT2D eigenvalue weighted by atomic mass is 10.1. The zero-order chi connectivity index (χ0) is 15.4. The monoisotopic (exact) mass is 293 g/mol. The maximum atomic E-state index is 11.8. The summed E-state index contributed by atoms with van der Waals surface area (Å²) in [7, 11) is 0. The Balaban J connectivity index is 1.82. The van der Waals surface area contributed by atoms with Gasteiger partial charge in [-0.15, -0.1) is 0 Å². The van der Waals surface area contributed by atoms with Gasteiger partial charge in [-0.2, -0.15) is 0 Å². The standard InChI is InChI=1S/C14H15NO6/c1-2-20-10-5-3-9(4-6-10)13(16)8-21-14(17)11-7-12(11)15(18)19/h3-6,11-12H,2,7-8H2,1H3/t11-,12+/m0/s1. The molecule has 2 atom stereocenters. The van der Waals surface area contributed by atoms with Crippen LogP contribution in [0.3, 0.4) is 0 Å². The first-order valence-corrected chi connectivity index (χ1v) is 6.59. The molecule has 0 unspecified atom stereocenters. The number of hydrogen-bond donors (Lipinski definition) is 0. The molecule has 7 nitrogen and oxygen atoms in total. The minimum Gasteiger partial charge on any atom is -0.494 e. The van der Waals surface area contributed by atoms with Gasteiger partial charge >= 0.3 is 5.97 Å². The van der Waals surface area contributed by atoms with Crippen molar-refractivity contribution in [3.8, 4) is 5.75 Å². The van der Waals surface area contributed by atoms with E-state index in [-0.39, 0.29) is 12.2 Å². The van der Waals surface area contributed by atoms with Crippen LogP contribution < -0.4 is 4.74 Å². The van der Waals surface area contributed by atoms with Gasteiger partial charge in [0.05, 0.1) is 6.61 Å². The van der Waals surface area contributed by atoms with Crippen LogP contribution in [0.1, 0.15) is 23.7 Å². The maximum absolute atomic E-state index is 11.8. The highest BCUT2D eigenvalue weighted by Crippen LogP contribution is 2.34. The topological polar surface area (TPSA) is 95.7 Å². The smallest absolute Gasteiger partial charge is 0.316 e. The van der Waals surface area contributed by atoms with Crippen molar-refractivity contribution in [3.05, 3.63) is 39.9 Å². The third kappa shape index (κ3) is 3.77. The van der Waals surface area contributed by atoms with Gasteiger partial charge in [0, 0.05) is 16.9 Å². The molecule has 1 fully saturated rings. The number of nitrogens with zero attached hydrogens (tertiary/aromatic N) is 1. The van der Waals surface area contributed by atoms with E-state index >= 15 is 0 Å². The van der Waals surface area contributed by atoms with Gasteiger partial charge in [0.1, 0.15) is 11.7 Å². The Hall–Kier alpha value is -2.44. The maximum Gasteiger partial charge on any atom is 0.316 e. The number of hydrogen-bond acceptors (Lipinski definition) is 6. The molecule has 0 aliphatic heterocycles. The number of esters is 1. The second kappa shape index (κ2) is 6.34. The van der Waals surface area contributed by atoms with Crippen LogP contribution in [0.25, 0.3) is 0 Å². The van der Waals surface area contributed by atoms with Crippen molar-refractivity contribution in [1.82, 2.24) is 0 Å². The molecule has 1 saturated carbocycles. The average molecular weight is 293 g/mol. The summed E-state index contributed by atoms with van der Waals surface area (Å²) < 4.78 is 10.1. The zero-order valence-corrected chi connectivity index (χ0v) is 11.5. The molecule has 112 valence electrons. The SMILES string of the molecule is CCOc1ccc(C(=O)COC(=O)[C@H]2C[C@H]2[N+](=O)[O-])cc1. The number of rotatable bonds is 7. The molecule has 0 N–H and O–H groups in total. The van der Waals surface area contributed by atoms with E-state index < -0.39 is 29.5 Å². The lowest BCUT2D eigenvalue weighted by Gasteiger charge is -2.05. The molecular weight excluding hydrogens is 278 g/mol. The molecule has 1 aromatic rings. The fourth-order valence-electron chi connectivity index (χ4n) is 1.90. The fraction of sp³-hybridized carbons (Fsp3) is 0.429. The van der Waals surface area contributed by atoms with Crippen molar-refractivity contribution in [1.29, 1.82) is 0 Å². The van der Waals surface area contributed by atoms with Gasteiger partial charge in [-0.05, 0) is 31.2 Å². The van der Waals surface area contributed by atoms with E-state index in [1.807, 2.05) is 6.92 Å². The summed E-state index contributed by atoms with van der Waals surface area (Å²) in [6.07, 6.45) is 0.184. The average Bonchev–Trinajstić information content (AvgIpc) is 3.26. The fourth-order valence-corrected chi connectivity index (χ4v) is 1.90. The number of ketones is 1. The van der Waals surface area contributed by atoms with Gasteiger partial charge in [-0.1, -0.05) is 0 Å². The number of Topliss-reactive ketones (excluding diaryl/α,β-unsaturated/α-hetero) is 1. The van der Waals surface area contributed by atoms with Gasteiger partial charge in [0.25, 0.3) is 0 Å². The molecule has 1 aromatic carbocycles. The third-order valence-corrected chi connectivity index (χ3v) is 3.16. The van der Waals surface area contributed by atoms with Crippen molar-refractivity contribution in [2.45, 2.75) is 19.4 Å². The predicted octanol–water partition coefficient (Wildman–Crippen LogP) is 1.48. The van der Waals surface area contributed by atoms with E-state index in [4.69, 9.17) is 9.47 Å². The number of carbonyl (C=O) groups excluding carboxylic acids is 2. The summed E-state index contributed by atoms with van der Waals surface area (Å²) in [6.45, 7) is 1.98. The summed E-state index contributed by atoms with van der Waals surface area (Å²) in [4.78, 5) is 33.3. The Labute approximate surface area is 121 Å². The van der Waals surface area contributed by atoms with Crippen LogP contribution in [0.5, 0.6) is 5.75 Å². The Morgan fingerprint density at radius 1 is 1.33 bits per heavy atom. The van der Waals surface area contributed by atoms with Gasteiger partial charge in [-0.3, -0.25) is 19.7 Å². The van der Waals surface area contributed by atoms with Crippen LogP contribution >= 0.6 is 0 Å². The number of benzene rings is 1. The van der Waals surface area contributed by atoms with Crippen LogP contribution in [0.4, 0.5) is 0 Å². The summed E-state index contributed by atoms with van der Waals surface area (Å²) in [6, 6.07) is 5.61. The first kappa shape index (κ1) is 15.0. The highest BCUT2D eigenvalue weighted by molar-refractivity contribution is 5.98. The van der Waals surface area contributed by atoms with E-state index in [0.717, 1.165) is 0 Å². The van der Waals surface area contributed by atoms with Crippen LogP contribution in [0, 0.1) is 16.0 Å². The largest absolute Gasteiger partial charge is 0.494 e. The highest BCUT2D eigenvalue weighted by Gasteiger charge is 2.54. The van der Waals surface area contributed by atoms with Gasteiger partial charge in [0.2, 0.25) is 6.04 Å². The van der Waals surface area contributed by atoms with Crippen molar-refractivity contribution < 1.29 is 24.0 Å². The summed E-state index contributed by atoms with van der Waals surface area (Å²) in [5, 5.41) is 10.4.